The van der Waals surface area contributed by atoms with Crippen molar-refractivity contribution in [2.75, 3.05) is 19.0 Å². The maximum absolute atomic E-state index is 13.3. The monoisotopic (exact) mass is 561 g/mol. The number of benzene rings is 3. The Morgan fingerprint density at radius 3 is 2.25 bits per heavy atom. The highest BCUT2D eigenvalue weighted by atomic mass is 32.2. The lowest BCUT2D eigenvalue weighted by molar-refractivity contribution is -0.129. The van der Waals surface area contributed by atoms with Crippen LogP contribution in [0.4, 0.5) is 11.4 Å². The molecular formula is C29H27N3O7S. The highest BCUT2D eigenvalue weighted by Crippen LogP contribution is 2.31. The molecule has 11 heteroatoms. The zero-order valence-electron chi connectivity index (χ0n) is 21.8. The maximum Gasteiger partial charge on any atom is 0.338 e. The van der Waals surface area contributed by atoms with Gasteiger partial charge < -0.3 is 19.9 Å². The number of aliphatic imine (C=N–C) groups is 1. The number of hydrogen-bond donors (Lipinski definition) is 2. The van der Waals surface area contributed by atoms with E-state index in [1.807, 2.05) is 12.1 Å². The number of amidine groups is 1. The highest BCUT2D eigenvalue weighted by Gasteiger charge is 2.36. The number of methoxy groups -OCH3 is 1. The average Bonchev–Trinajstić information content (AvgIpc) is 2.95. The lowest BCUT2D eigenvalue weighted by atomic mass is 10.1. The minimum atomic E-state index is -1.07. The number of thioether (sulfide) groups is 1. The van der Waals surface area contributed by atoms with E-state index >= 15 is 0 Å². The van der Waals surface area contributed by atoms with E-state index in [-0.39, 0.29) is 31.0 Å². The molecule has 1 saturated heterocycles. The van der Waals surface area contributed by atoms with Crippen molar-refractivity contribution in [1.82, 2.24) is 4.90 Å². The minimum Gasteiger partial charge on any atom is -0.497 e. The number of rotatable bonds is 9. The Bertz CT molecular complexity index is 1420. The number of aromatic carboxylic acids is 1. The van der Waals surface area contributed by atoms with Crippen molar-refractivity contribution in [3.05, 3.63) is 89.5 Å². The molecule has 0 radical (unpaired) electrons. The lowest BCUT2D eigenvalue weighted by Gasteiger charge is -2.32. The second-order valence-electron chi connectivity index (χ2n) is 8.67. The van der Waals surface area contributed by atoms with Crippen molar-refractivity contribution in [2.45, 2.75) is 25.1 Å². The fraction of sp³-hybridized carbons (Fsp3) is 0.207. The topological polar surface area (TPSA) is 135 Å². The molecule has 1 aliphatic heterocycles. The van der Waals surface area contributed by atoms with Gasteiger partial charge >= 0.3 is 11.9 Å². The second kappa shape index (κ2) is 12.9. The van der Waals surface area contributed by atoms with Crippen LogP contribution in [-0.2, 0) is 20.9 Å². The van der Waals surface area contributed by atoms with E-state index in [4.69, 9.17) is 14.6 Å². The molecule has 3 aromatic carbocycles. The first-order chi connectivity index (χ1) is 19.3. The molecule has 10 nitrogen and oxygen atoms in total. The summed E-state index contributed by atoms with van der Waals surface area (Å²) < 4.78 is 10.2. The largest absolute Gasteiger partial charge is 0.497 e. The Morgan fingerprint density at radius 1 is 1.00 bits per heavy atom. The van der Waals surface area contributed by atoms with Crippen molar-refractivity contribution in [2.24, 2.45) is 4.99 Å². The standard InChI is InChI=1S/C29H27N3O7S/c1-3-39-28(37)20-8-12-22(13-9-20)31-29-32(17-18-4-14-23(38-2)15-5-18)25(33)16-24(40-29)26(34)30-21-10-6-19(7-11-21)27(35)36/h4-15,24H,3,16-17H2,1-2H3,(H,30,34)(H,35,36)/t24-/m1/s1. The normalized spacial score (nSPS) is 15.9. The van der Waals surface area contributed by atoms with Crippen LogP contribution in [0.1, 0.15) is 39.6 Å². The summed E-state index contributed by atoms with van der Waals surface area (Å²) in [6.07, 6.45) is -0.0549. The molecule has 3 aromatic rings. The first kappa shape index (κ1) is 28.4. The van der Waals surface area contributed by atoms with Gasteiger partial charge in [-0.1, -0.05) is 23.9 Å². The quantitative estimate of drug-likeness (QED) is 0.358. The van der Waals surface area contributed by atoms with Crippen LogP contribution in [0.5, 0.6) is 5.75 Å². The van der Waals surface area contributed by atoms with Crippen LogP contribution < -0.4 is 10.1 Å². The van der Waals surface area contributed by atoms with Crippen molar-refractivity contribution >= 4 is 52.1 Å². The molecule has 0 unspecified atom stereocenters. The van der Waals surface area contributed by atoms with E-state index in [1.165, 1.54) is 29.2 Å². The summed E-state index contributed by atoms with van der Waals surface area (Å²) in [6, 6.07) is 19.5. The van der Waals surface area contributed by atoms with Crippen LogP contribution in [0.3, 0.4) is 0 Å². The summed E-state index contributed by atoms with van der Waals surface area (Å²) in [7, 11) is 1.57. The number of hydrogen-bond acceptors (Lipinski definition) is 8. The third-order valence-electron chi connectivity index (χ3n) is 5.93. The number of nitrogens with zero attached hydrogens (tertiary/aromatic N) is 2. The van der Waals surface area contributed by atoms with Gasteiger partial charge in [-0.25, -0.2) is 14.6 Å². The van der Waals surface area contributed by atoms with Gasteiger partial charge in [-0.2, -0.15) is 0 Å². The number of anilines is 1. The number of carbonyl (C=O) groups is 4. The van der Waals surface area contributed by atoms with Gasteiger partial charge in [-0.05, 0) is 73.2 Å². The predicted molar refractivity (Wildman–Crippen MR) is 151 cm³/mol. The molecule has 2 N–H and O–H groups in total. The third kappa shape index (κ3) is 7.06. The third-order valence-corrected chi connectivity index (χ3v) is 7.12. The summed E-state index contributed by atoms with van der Waals surface area (Å²) in [5.74, 6) is -1.52. The summed E-state index contributed by atoms with van der Waals surface area (Å²) in [6.45, 7) is 2.22. The SMILES string of the molecule is CCOC(=O)c1ccc(N=C2S[C@@H](C(=O)Nc3ccc(C(=O)O)cc3)CC(=O)N2Cc2ccc(OC)cc2)cc1. The first-order valence-corrected chi connectivity index (χ1v) is 13.3. The summed E-state index contributed by atoms with van der Waals surface area (Å²) >= 11 is 1.15. The zero-order valence-corrected chi connectivity index (χ0v) is 22.6. The molecule has 1 heterocycles. The smallest absolute Gasteiger partial charge is 0.338 e. The van der Waals surface area contributed by atoms with Crippen LogP contribution >= 0.6 is 11.8 Å². The number of esters is 1. The fourth-order valence-corrected chi connectivity index (χ4v) is 4.92. The maximum atomic E-state index is 13.3. The molecular weight excluding hydrogens is 534 g/mol. The van der Waals surface area contributed by atoms with Gasteiger partial charge in [-0.15, -0.1) is 0 Å². The molecule has 0 saturated carbocycles. The Labute approximate surface area is 235 Å². The summed E-state index contributed by atoms with van der Waals surface area (Å²) in [4.78, 5) is 55.7. The van der Waals surface area contributed by atoms with Gasteiger partial charge in [-0.3, -0.25) is 14.5 Å². The van der Waals surface area contributed by atoms with E-state index in [2.05, 4.69) is 10.3 Å². The Balaban J connectivity index is 1.58. The Kier molecular flexibility index (Phi) is 9.18. The molecule has 2 amide bonds. The predicted octanol–water partition coefficient (Wildman–Crippen LogP) is 4.73. The average molecular weight is 562 g/mol. The van der Waals surface area contributed by atoms with Crippen molar-refractivity contribution < 1.29 is 33.8 Å². The molecule has 1 atom stereocenters. The molecule has 1 fully saturated rings. The molecule has 1 aliphatic rings. The molecule has 0 spiro atoms. The molecule has 0 aliphatic carbocycles. The number of nitrogens with one attached hydrogen (secondary N) is 1. The number of carboxylic acids is 1. The molecule has 40 heavy (non-hydrogen) atoms. The van der Waals surface area contributed by atoms with Crippen LogP contribution in [0.15, 0.2) is 77.8 Å². The number of carboxylic acid groups (broad SMARTS) is 1. The van der Waals surface area contributed by atoms with Crippen molar-refractivity contribution in [3.63, 3.8) is 0 Å². The summed E-state index contributed by atoms with van der Waals surface area (Å²) in [5.41, 5.74) is 2.23. The minimum absolute atomic E-state index is 0.0549. The van der Waals surface area contributed by atoms with Gasteiger partial charge in [0, 0.05) is 12.1 Å². The number of ether oxygens (including phenoxy) is 2. The zero-order chi connectivity index (χ0) is 28.6. The van der Waals surface area contributed by atoms with Gasteiger partial charge in [0.15, 0.2) is 5.17 Å². The first-order valence-electron chi connectivity index (χ1n) is 12.4. The number of amides is 2. The molecule has 0 aromatic heterocycles. The lowest BCUT2D eigenvalue weighted by Crippen LogP contribution is -2.44. The number of carbonyl (C=O) groups excluding carboxylic acids is 3. The van der Waals surface area contributed by atoms with Crippen LogP contribution in [0, 0.1) is 0 Å². The van der Waals surface area contributed by atoms with E-state index in [0.717, 1.165) is 17.3 Å². The second-order valence-corrected chi connectivity index (χ2v) is 9.84. The van der Waals surface area contributed by atoms with Crippen LogP contribution in [0.25, 0.3) is 0 Å². The van der Waals surface area contributed by atoms with Crippen LogP contribution in [-0.4, -0.2) is 57.9 Å². The molecule has 206 valence electrons. The van der Waals surface area contributed by atoms with Gasteiger partial charge in [0.1, 0.15) is 11.0 Å². The van der Waals surface area contributed by atoms with E-state index in [9.17, 15) is 19.2 Å². The molecule has 4 rings (SSSR count). The van der Waals surface area contributed by atoms with Gasteiger partial charge in [0.25, 0.3) is 0 Å². The van der Waals surface area contributed by atoms with E-state index in [0.29, 0.717) is 27.9 Å². The van der Waals surface area contributed by atoms with E-state index in [1.54, 1.807) is 50.4 Å². The van der Waals surface area contributed by atoms with Crippen molar-refractivity contribution in [1.29, 1.82) is 0 Å². The Hall–Kier alpha value is -4.64. The van der Waals surface area contributed by atoms with Crippen molar-refractivity contribution in [3.8, 4) is 5.75 Å². The highest BCUT2D eigenvalue weighted by molar-refractivity contribution is 8.15. The van der Waals surface area contributed by atoms with Gasteiger partial charge in [0.05, 0.1) is 37.1 Å². The summed E-state index contributed by atoms with van der Waals surface area (Å²) in [5, 5.41) is 11.4. The van der Waals surface area contributed by atoms with E-state index < -0.39 is 23.1 Å². The van der Waals surface area contributed by atoms with Gasteiger partial charge in [0.2, 0.25) is 11.8 Å². The van der Waals surface area contributed by atoms with Crippen LogP contribution in [0.2, 0.25) is 0 Å². The molecule has 0 bridgehead atoms. The Morgan fingerprint density at radius 2 is 1.65 bits per heavy atom. The fourth-order valence-electron chi connectivity index (χ4n) is 3.83.